The predicted molar refractivity (Wildman–Crippen MR) is 105 cm³/mol. The molecule has 2 aliphatic heterocycles. The van der Waals surface area contributed by atoms with Gasteiger partial charge in [-0.1, -0.05) is 42.5 Å². The normalized spacial score (nSPS) is 24.5. The van der Waals surface area contributed by atoms with Gasteiger partial charge < -0.3 is 15.3 Å². The highest BCUT2D eigenvalue weighted by molar-refractivity contribution is 6.01. The number of carboxylic acids is 1. The number of carboxylic acid groups (broad SMARTS) is 1. The van der Waals surface area contributed by atoms with Gasteiger partial charge in [-0.3, -0.25) is 9.59 Å². The molecule has 2 aromatic carbocycles. The lowest BCUT2D eigenvalue weighted by Crippen LogP contribution is -2.54. The van der Waals surface area contributed by atoms with Gasteiger partial charge in [-0.15, -0.1) is 0 Å². The second kappa shape index (κ2) is 7.46. The Kier molecular flexibility index (Phi) is 4.86. The Hall–Kier alpha value is -3.15. The van der Waals surface area contributed by atoms with Crippen LogP contribution in [0.4, 0.5) is 0 Å². The molecule has 2 aromatic rings. The van der Waals surface area contributed by atoms with Gasteiger partial charge in [0.1, 0.15) is 12.1 Å². The monoisotopic (exact) mass is 378 g/mol. The van der Waals surface area contributed by atoms with Crippen molar-refractivity contribution >= 4 is 28.6 Å². The van der Waals surface area contributed by atoms with Crippen LogP contribution in [0, 0.1) is 0 Å². The average molecular weight is 378 g/mol. The third kappa shape index (κ3) is 3.38. The van der Waals surface area contributed by atoms with Crippen molar-refractivity contribution in [2.75, 3.05) is 0 Å². The Balaban J connectivity index is 1.57. The van der Waals surface area contributed by atoms with Crippen molar-refractivity contribution in [3.63, 3.8) is 0 Å². The highest BCUT2D eigenvalue weighted by Gasteiger charge is 2.43. The molecule has 0 radical (unpaired) electrons. The van der Waals surface area contributed by atoms with Crippen molar-refractivity contribution in [1.82, 2.24) is 10.2 Å². The zero-order chi connectivity index (χ0) is 19.7. The minimum absolute atomic E-state index is 0.120. The summed E-state index contributed by atoms with van der Waals surface area (Å²) in [6, 6.07) is 11.5. The highest BCUT2D eigenvalue weighted by atomic mass is 16.4. The first-order valence-electron chi connectivity index (χ1n) is 9.54. The summed E-state index contributed by atoms with van der Waals surface area (Å²) in [6.07, 6.45) is 6.00. The summed E-state index contributed by atoms with van der Waals surface area (Å²) in [5.41, 5.74) is 0.477. The Morgan fingerprint density at radius 3 is 2.54 bits per heavy atom. The number of nitrogens with one attached hydrogen (secondary N) is 1. The lowest BCUT2D eigenvalue weighted by Gasteiger charge is -2.32. The lowest BCUT2D eigenvalue weighted by atomic mass is 10.0. The van der Waals surface area contributed by atoms with Crippen molar-refractivity contribution in [3.8, 4) is 0 Å². The molecule has 6 nitrogen and oxygen atoms in total. The van der Waals surface area contributed by atoms with Crippen molar-refractivity contribution < 1.29 is 19.5 Å². The van der Waals surface area contributed by atoms with E-state index in [9.17, 15) is 19.5 Å². The first-order valence-corrected chi connectivity index (χ1v) is 9.54. The van der Waals surface area contributed by atoms with E-state index in [0.29, 0.717) is 31.2 Å². The molecule has 2 heterocycles. The molecule has 6 heteroatoms. The number of carbonyl (C=O) groups is 3. The van der Waals surface area contributed by atoms with Crippen LogP contribution in [-0.4, -0.2) is 45.9 Å². The van der Waals surface area contributed by atoms with Gasteiger partial charge in [0.05, 0.1) is 0 Å². The topological polar surface area (TPSA) is 86.7 Å². The summed E-state index contributed by atoms with van der Waals surface area (Å²) in [5.74, 6) is -1.63. The molecular formula is C22H22N2O4. The van der Waals surface area contributed by atoms with Gasteiger partial charge in [0.25, 0.3) is 5.91 Å². The summed E-state index contributed by atoms with van der Waals surface area (Å²) in [7, 11) is 0. The van der Waals surface area contributed by atoms with E-state index in [1.54, 1.807) is 12.1 Å². The van der Waals surface area contributed by atoms with E-state index in [2.05, 4.69) is 5.32 Å². The molecule has 0 aliphatic carbocycles. The fourth-order valence-corrected chi connectivity index (χ4v) is 4.15. The molecule has 28 heavy (non-hydrogen) atoms. The van der Waals surface area contributed by atoms with Crippen molar-refractivity contribution in [1.29, 1.82) is 0 Å². The second-order valence-electron chi connectivity index (χ2n) is 7.36. The van der Waals surface area contributed by atoms with Gasteiger partial charge in [0.15, 0.2) is 0 Å². The first-order chi connectivity index (χ1) is 13.5. The second-order valence-corrected chi connectivity index (χ2v) is 7.36. The molecule has 2 N–H and O–H groups in total. The molecule has 1 saturated heterocycles. The van der Waals surface area contributed by atoms with Gasteiger partial charge in [0.2, 0.25) is 5.91 Å². The summed E-state index contributed by atoms with van der Waals surface area (Å²) in [5, 5.41) is 14.3. The molecular weight excluding hydrogens is 356 g/mol. The molecule has 2 amide bonds. The molecule has 3 atom stereocenters. The van der Waals surface area contributed by atoms with Crippen LogP contribution in [0.15, 0.2) is 54.6 Å². The Morgan fingerprint density at radius 2 is 1.75 bits per heavy atom. The lowest BCUT2D eigenvalue weighted by molar-refractivity contribution is -0.150. The van der Waals surface area contributed by atoms with E-state index < -0.39 is 18.1 Å². The number of hydrogen-bond donors (Lipinski definition) is 2. The zero-order valence-electron chi connectivity index (χ0n) is 15.4. The maximum Gasteiger partial charge on any atom is 0.326 e. The van der Waals surface area contributed by atoms with Gasteiger partial charge >= 0.3 is 5.97 Å². The number of hydrogen-bond acceptors (Lipinski definition) is 3. The van der Waals surface area contributed by atoms with Crippen LogP contribution in [0.3, 0.4) is 0 Å². The predicted octanol–water partition coefficient (Wildman–Crippen LogP) is 2.73. The van der Waals surface area contributed by atoms with Crippen LogP contribution in [0.2, 0.25) is 0 Å². The van der Waals surface area contributed by atoms with Gasteiger partial charge in [-0.05, 0) is 48.6 Å². The molecule has 1 fully saturated rings. The number of amides is 2. The fraction of sp³-hybridized carbons (Fsp3) is 0.318. The van der Waals surface area contributed by atoms with E-state index in [1.165, 1.54) is 4.90 Å². The molecule has 0 bridgehead atoms. The molecule has 144 valence electrons. The Morgan fingerprint density at radius 1 is 1.00 bits per heavy atom. The van der Waals surface area contributed by atoms with Crippen LogP contribution in [0.5, 0.6) is 0 Å². The Labute approximate surface area is 162 Å². The molecule has 0 aromatic heterocycles. The maximum atomic E-state index is 13.1. The number of fused-ring (bicyclic) bond motifs is 2. The van der Waals surface area contributed by atoms with Crippen LogP contribution in [0.1, 0.15) is 36.0 Å². The SMILES string of the molecule is O=C(N[C@H]1CC=CC[C@@H]2CC[C@@H](C(=O)O)N2C1=O)c1ccc2ccccc2c1. The maximum absolute atomic E-state index is 13.1. The number of carbonyl (C=O) groups excluding carboxylic acids is 2. The quantitative estimate of drug-likeness (QED) is 0.804. The van der Waals surface area contributed by atoms with Crippen LogP contribution < -0.4 is 5.32 Å². The summed E-state index contributed by atoms with van der Waals surface area (Å²) < 4.78 is 0. The summed E-state index contributed by atoms with van der Waals surface area (Å²) in [6.45, 7) is 0. The minimum atomic E-state index is -0.986. The molecule has 0 unspecified atom stereocenters. The van der Waals surface area contributed by atoms with Crippen molar-refractivity contribution in [2.24, 2.45) is 0 Å². The van der Waals surface area contributed by atoms with E-state index in [1.807, 2.05) is 42.5 Å². The van der Waals surface area contributed by atoms with E-state index in [-0.39, 0.29) is 17.9 Å². The largest absolute Gasteiger partial charge is 0.480 e. The third-order valence-corrected chi connectivity index (χ3v) is 5.60. The minimum Gasteiger partial charge on any atom is -0.480 e. The molecule has 0 saturated carbocycles. The van der Waals surface area contributed by atoms with E-state index >= 15 is 0 Å². The third-order valence-electron chi connectivity index (χ3n) is 5.60. The Bertz CT molecular complexity index is 968. The van der Waals surface area contributed by atoms with E-state index in [4.69, 9.17) is 0 Å². The van der Waals surface area contributed by atoms with E-state index in [0.717, 1.165) is 10.8 Å². The van der Waals surface area contributed by atoms with Gasteiger partial charge in [0, 0.05) is 11.6 Å². The zero-order valence-corrected chi connectivity index (χ0v) is 15.4. The summed E-state index contributed by atoms with van der Waals surface area (Å²) >= 11 is 0. The first kappa shape index (κ1) is 18.2. The summed E-state index contributed by atoms with van der Waals surface area (Å²) in [4.78, 5) is 38.9. The standard InChI is InChI=1S/C22H22N2O4/c25-20(16-10-9-14-5-1-2-6-15(14)13-16)23-18-8-4-3-7-17-11-12-19(22(27)28)24(17)21(18)26/h1-6,9-10,13,17-19H,7-8,11-12H2,(H,23,25)(H,27,28)/t17-,18+,19+/m1/s1. The smallest absolute Gasteiger partial charge is 0.326 e. The fourth-order valence-electron chi connectivity index (χ4n) is 4.15. The van der Waals surface area contributed by atoms with Gasteiger partial charge in [-0.2, -0.15) is 0 Å². The van der Waals surface area contributed by atoms with Crippen LogP contribution in [-0.2, 0) is 9.59 Å². The van der Waals surface area contributed by atoms with Crippen molar-refractivity contribution in [3.05, 3.63) is 60.2 Å². The number of benzene rings is 2. The number of aliphatic carboxylic acids is 1. The molecule has 0 spiro atoms. The van der Waals surface area contributed by atoms with Crippen molar-refractivity contribution in [2.45, 2.75) is 43.8 Å². The molecule has 4 rings (SSSR count). The number of nitrogens with zero attached hydrogens (tertiary/aromatic N) is 1. The number of rotatable bonds is 3. The molecule has 2 aliphatic rings. The van der Waals surface area contributed by atoms with Crippen LogP contribution in [0.25, 0.3) is 10.8 Å². The van der Waals surface area contributed by atoms with Gasteiger partial charge in [-0.25, -0.2) is 4.79 Å². The van der Waals surface area contributed by atoms with Crippen LogP contribution >= 0.6 is 0 Å². The average Bonchev–Trinajstić information content (AvgIpc) is 3.11. The highest BCUT2D eigenvalue weighted by Crippen LogP contribution is 2.29.